The Morgan fingerprint density at radius 2 is 0.444 bits per heavy atom. The van der Waals surface area contributed by atoms with Crippen LogP contribution in [0.5, 0.6) is 0 Å². The van der Waals surface area contributed by atoms with Gasteiger partial charge in [0.25, 0.3) is 0 Å². The normalized spacial score (nSPS) is 11.6. The Labute approximate surface area is 839 Å². The molecule has 20 aromatic carbocycles. The number of nitrogens with zero attached hydrogens (tertiary/aromatic N) is 11. The lowest BCUT2D eigenvalue weighted by atomic mass is 9.98. The van der Waals surface area contributed by atoms with E-state index < -0.39 is 0 Å². The molecule has 0 bridgehead atoms. The number of rotatable bonds is 14. The highest BCUT2D eigenvalue weighted by Crippen LogP contribution is 2.50. The van der Waals surface area contributed by atoms with Gasteiger partial charge in [-0.3, -0.25) is 13.7 Å². The molecule has 0 unspecified atom stereocenters. The van der Waals surface area contributed by atoms with Gasteiger partial charge in [0.2, 0.25) is 17.8 Å². The highest BCUT2D eigenvalue weighted by atomic mass is 32.1. The van der Waals surface area contributed by atoms with Crippen molar-refractivity contribution in [3.63, 3.8) is 0 Å². The Balaban J connectivity index is 0.000000108. The zero-order valence-electron chi connectivity index (χ0n) is 77.4. The van der Waals surface area contributed by atoms with E-state index in [1.54, 1.807) is 0 Å². The minimum absolute atomic E-state index is 0.595. The molecule has 0 spiro atoms. The van der Waals surface area contributed by atoms with Crippen LogP contribution in [0.15, 0.2) is 492 Å². The number of para-hydroxylation sites is 3. The lowest BCUT2D eigenvalue weighted by Gasteiger charge is -2.12. The second-order valence-electron chi connectivity index (χ2n) is 35.9. The molecular formula is C130H81N11S3. The Kier molecular flexibility index (Phi) is 21.3. The van der Waals surface area contributed by atoms with Gasteiger partial charge >= 0.3 is 0 Å². The summed E-state index contributed by atoms with van der Waals surface area (Å²) in [5.41, 5.74) is 26.4. The van der Waals surface area contributed by atoms with E-state index in [0.717, 1.165) is 94.4 Å². The van der Waals surface area contributed by atoms with E-state index in [1.807, 2.05) is 94.8 Å². The largest absolute Gasteiger partial charge is 0.278 e. The first-order valence-corrected chi connectivity index (χ1v) is 50.6. The zero-order chi connectivity index (χ0) is 95.1. The standard InChI is InChI=1S/C46H29N3S.C45H28N4S.C39H24N4S/c1-3-11-30(12-4-1)31-21-23-32(24-22-31)34-15-9-16-35(29-34)40-27-28-47-46(48-40)49-41-20-8-7-17-39(41)43-42(49)26-25-38-37-19-10-18-36(44(37)50-45(38)43)33-13-5-2-6-14-33;1-3-12-29(13-4-1)30-22-24-31(25-23-30)33-16-11-17-34(28-33)44-46-43(32-14-5-2-6-15-32)47-45(48-44)49-38-20-9-7-19-37(38)41-39(49)27-26-36-35-18-8-10-21-40(35)50-42(36)41;1-3-12-25(13-4-1)27-16-11-17-28(24-27)38-40-37(26-14-5-2-6-15-26)41-39(42-38)43-32-20-9-7-19-31(32)35-33(43)23-22-30-29-18-8-10-21-34(29)44-36(30)35/h1-29H;1-28H;1-24H. The van der Waals surface area contributed by atoms with Crippen molar-refractivity contribution in [2.24, 2.45) is 0 Å². The summed E-state index contributed by atoms with van der Waals surface area (Å²) in [7, 11) is 0. The molecule has 29 aromatic rings. The van der Waals surface area contributed by atoms with E-state index in [2.05, 4.69) is 444 Å². The fourth-order valence-corrected chi connectivity index (χ4v) is 24.6. The van der Waals surface area contributed by atoms with Gasteiger partial charge in [-0.25, -0.2) is 19.9 Å². The quantitative estimate of drug-likeness (QED) is 0.106. The van der Waals surface area contributed by atoms with Gasteiger partial charge in [0.05, 0.1) is 38.8 Å². The molecule has 0 N–H and O–H groups in total. The molecule has 0 fully saturated rings. The van der Waals surface area contributed by atoms with Gasteiger partial charge in [-0.1, -0.05) is 413 Å². The van der Waals surface area contributed by atoms with E-state index in [-0.39, 0.29) is 0 Å². The van der Waals surface area contributed by atoms with Gasteiger partial charge in [-0.05, 0) is 140 Å². The molecule has 14 heteroatoms. The van der Waals surface area contributed by atoms with Crippen LogP contribution in [0.2, 0.25) is 0 Å². The maximum Gasteiger partial charge on any atom is 0.238 e. The smallest absolute Gasteiger partial charge is 0.238 e. The number of benzene rings is 20. The van der Waals surface area contributed by atoms with Gasteiger partial charge in [-0.15, -0.1) is 34.0 Å². The molecule has 0 atom stereocenters. The molecule has 0 aliphatic rings. The molecule has 11 nitrogen and oxygen atoms in total. The van der Waals surface area contributed by atoms with Gasteiger partial charge < -0.3 is 0 Å². The van der Waals surface area contributed by atoms with Gasteiger partial charge in [0, 0.05) is 127 Å². The maximum atomic E-state index is 5.23. The average molecular weight is 1890 g/mol. The fraction of sp³-hybridized carbons (Fsp3) is 0. The first-order chi connectivity index (χ1) is 71.4. The summed E-state index contributed by atoms with van der Waals surface area (Å²) in [6, 6.07) is 171. The van der Waals surface area contributed by atoms with Crippen LogP contribution in [0.3, 0.4) is 0 Å². The third-order valence-corrected chi connectivity index (χ3v) is 31.1. The molecule has 9 heterocycles. The van der Waals surface area contributed by atoms with Gasteiger partial charge in [-0.2, -0.15) is 19.9 Å². The molecule has 0 radical (unpaired) electrons. The summed E-state index contributed by atoms with van der Waals surface area (Å²) < 4.78 is 14.4. The highest BCUT2D eigenvalue weighted by molar-refractivity contribution is 7.28. The Hall–Kier alpha value is -18.4. The van der Waals surface area contributed by atoms with Crippen molar-refractivity contribution in [3.8, 4) is 141 Å². The number of fused-ring (bicyclic) bond motifs is 21. The molecule has 674 valence electrons. The van der Waals surface area contributed by atoms with Crippen LogP contribution in [-0.2, 0) is 0 Å². The average Bonchev–Trinajstić information content (AvgIpc) is 1.57. The number of hydrogen-bond donors (Lipinski definition) is 0. The molecule has 29 rings (SSSR count). The third kappa shape index (κ3) is 15.2. The molecule has 0 aliphatic carbocycles. The number of hydrogen-bond acceptors (Lipinski definition) is 11. The van der Waals surface area contributed by atoms with E-state index in [4.69, 9.17) is 39.9 Å². The predicted molar refractivity (Wildman–Crippen MR) is 603 cm³/mol. The van der Waals surface area contributed by atoms with Crippen LogP contribution < -0.4 is 0 Å². The second kappa shape index (κ2) is 36.1. The molecule has 0 saturated heterocycles. The molecule has 0 saturated carbocycles. The van der Waals surface area contributed by atoms with Crippen LogP contribution in [0, 0.1) is 0 Å². The third-order valence-electron chi connectivity index (χ3n) is 27.5. The summed E-state index contributed by atoms with van der Waals surface area (Å²) in [4.78, 5) is 40.8. The van der Waals surface area contributed by atoms with Crippen LogP contribution in [0.25, 0.3) is 267 Å². The Bertz CT molecular complexity index is 10000. The van der Waals surface area contributed by atoms with Crippen molar-refractivity contribution in [3.05, 3.63) is 492 Å². The second-order valence-corrected chi connectivity index (χ2v) is 39.1. The molecule has 0 amide bonds. The van der Waals surface area contributed by atoms with Crippen LogP contribution >= 0.6 is 34.0 Å². The summed E-state index contributed by atoms with van der Waals surface area (Å²) in [5, 5.41) is 15.0. The lowest BCUT2D eigenvalue weighted by molar-refractivity contribution is 0.953. The fourth-order valence-electron chi connectivity index (χ4n) is 20.6. The number of thiophene rings is 3. The van der Waals surface area contributed by atoms with Crippen molar-refractivity contribution in [2.75, 3.05) is 0 Å². The summed E-state index contributed by atoms with van der Waals surface area (Å²) in [6.07, 6.45) is 1.88. The van der Waals surface area contributed by atoms with E-state index in [1.165, 1.54) is 132 Å². The predicted octanol–water partition coefficient (Wildman–Crippen LogP) is 35.0. The maximum absolute atomic E-state index is 5.23. The highest BCUT2D eigenvalue weighted by Gasteiger charge is 2.27. The lowest BCUT2D eigenvalue weighted by Crippen LogP contribution is -2.06. The molecule has 144 heavy (non-hydrogen) atoms. The first-order valence-electron chi connectivity index (χ1n) is 48.2. The van der Waals surface area contributed by atoms with Crippen LogP contribution in [0.1, 0.15) is 0 Å². The molecular weight excluding hydrogens is 1810 g/mol. The first kappa shape index (κ1) is 84.8. The van der Waals surface area contributed by atoms with Crippen LogP contribution in [-0.4, -0.2) is 53.6 Å². The summed E-state index contributed by atoms with van der Waals surface area (Å²) >= 11 is 5.58. The Morgan fingerprint density at radius 1 is 0.160 bits per heavy atom. The van der Waals surface area contributed by atoms with Crippen molar-refractivity contribution in [1.82, 2.24) is 53.6 Å². The van der Waals surface area contributed by atoms with Gasteiger partial charge in [0.15, 0.2) is 23.3 Å². The molecule has 0 aliphatic heterocycles. The van der Waals surface area contributed by atoms with Crippen molar-refractivity contribution in [1.29, 1.82) is 0 Å². The van der Waals surface area contributed by atoms with Crippen molar-refractivity contribution >= 4 is 160 Å². The minimum atomic E-state index is 0.595. The Morgan fingerprint density at radius 3 is 0.868 bits per heavy atom. The van der Waals surface area contributed by atoms with E-state index in [9.17, 15) is 0 Å². The minimum Gasteiger partial charge on any atom is -0.278 e. The summed E-state index contributed by atoms with van der Waals surface area (Å²) in [6.45, 7) is 0. The van der Waals surface area contributed by atoms with Crippen molar-refractivity contribution < 1.29 is 0 Å². The van der Waals surface area contributed by atoms with E-state index >= 15 is 0 Å². The van der Waals surface area contributed by atoms with Crippen LogP contribution in [0.4, 0.5) is 0 Å². The van der Waals surface area contributed by atoms with Crippen molar-refractivity contribution in [2.45, 2.75) is 0 Å². The SMILES string of the molecule is c1ccc(-c2ccc(-c3cccc(-c4ccnc(-n5c6ccccc6c6c7sc8c(-c9ccccc9)cccc8c7ccc65)n4)c3)cc2)cc1.c1ccc(-c2ccc(-c3cccc(-c4nc(-c5ccccc5)nc(-n5c6ccccc6c6c7sc8ccccc8c7ccc65)n4)c3)cc2)cc1.c1ccc(-c2cccc(-c3nc(-c4ccccc4)nc(-n4c5ccccc5c5c6sc7ccccc7c6ccc54)n3)c2)cc1. The topological polar surface area (TPSA) is 118 Å². The summed E-state index contributed by atoms with van der Waals surface area (Å²) in [5.74, 6) is 4.41. The van der Waals surface area contributed by atoms with E-state index in [0.29, 0.717) is 41.1 Å². The molecule has 9 aromatic heterocycles. The monoisotopic (exact) mass is 1890 g/mol. The number of aromatic nitrogens is 11. The zero-order valence-corrected chi connectivity index (χ0v) is 79.9. The van der Waals surface area contributed by atoms with Gasteiger partial charge in [0.1, 0.15) is 0 Å².